The van der Waals surface area contributed by atoms with E-state index in [1.54, 1.807) is 4.31 Å². The van der Waals surface area contributed by atoms with E-state index in [1.165, 1.54) is 0 Å². The van der Waals surface area contributed by atoms with Crippen LogP contribution in [-0.2, 0) is 15.8 Å². The standard InChI is InChI=1S/C15H24N2O2S/c1-3-14-11-17(15(4-2)10-16-14)20(18,19)12-13-8-6-5-7-9-13/h5-9,14-16H,3-4,10-12H2,1-2H3. The van der Waals surface area contributed by atoms with Gasteiger partial charge in [0.2, 0.25) is 10.0 Å². The van der Waals surface area contributed by atoms with Gasteiger partial charge in [-0.1, -0.05) is 44.2 Å². The van der Waals surface area contributed by atoms with Gasteiger partial charge in [-0.3, -0.25) is 0 Å². The molecule has 112 valence electrons. The van der Waals surface area contributed by atoms with Gasteiger partial charge < -0.3 is 5.32 Å². The first-order valence-electron chi connectivity index (χ1n) is 7.33. The molecule has 0 bridgehead atoms. The Hall–Kier alpha value is -0.910. The molecule has 1 aromatic carbocycles. The maximum atomic E-state index is 12.7. The van der Waals surface area contributed by atoms with E-state index in [0.717, 1.165) is 24.9 Å². The molecule has 1 fully saturated rings. The maximum absolute atomic E-state index is 12.7. The fraction of sp³-hybridized carbons (Fsp3) is 0.600. The molecule has 0 spiro atoms. The molecule has 20 heavy (non-hydrogen) atoms. The summed E-state index contributed by atoms with van der Waals surface area (Å²) in [4.78, 5) is 0. The molecule has 1 heterocycles. The topological polar surface area (TPSA) is 49.4 Å². The Balaban J connectivity index is 2.17. The lowest BCUT2D eigenvalue weighted by atomic mass is 10.1. The Morgan fingerprint density at radius 2 is 1.90 bits per heavy atom. The smallest absolute Gasteiger partial charge is 0.218 e. The summed E-state index contributed by atoms with van der Waals surface area (Å²) in [6.07, 6.45) is 1.80. The van der Waals surface area contributed by atoms with Gasteiger partial charge in [-0.25, -0.2) is 8.42 Å². The van der Waals surface area contributed by atoms with E-state index < -0.39 is 10.0 Å². The van der Waals surface area contributed by atoms with Crippen molar-refractivity contribution in [2.75, 3.05) is 13.1 Å². The van der Waals surface area contributed by atoms with E-state index in [-0.39, 0.29) is 17.8 Å². The van der Waals surface area contributed by atoms with Gasteiger partial charge in [-0.15, -0.1) is 0 Å². The van der Waals surface area contributed by atoms with Crippen molar-refractivity contribution in [3.8, 4) is 0 Å². The van der Waals surface area contributed by atoms with Crippen molar-refractivity contribution >= 4 is 10.0 Å². The molecule has 1 aliphatic rings. The molecule has 2 unspecified atom stereocenters. The molecule has 2 rings (SSSR count). The van der Waals surface area contributed by atoms with Crippen LogP contribution in [-0.4, -0.2) is 37.9 Å². The van der Waals surface area contributed by atoms with E-state index >= 15 is 0 Å². The zero-order valence-corrected chi connectivity index (χ0v) is 13.1. The lowest BCUT2D eigenvalue weighted by Crippen LogP contribution is -2.57. The third-order valence-corrected chi connectivity index (χ3v) is 5.82. The normalized spacial score (nSPS) is 24.7. The molecule has 0 radical (unpaired) electrons. The molecule has 1 saturated heterocycles. The Labute approximate surface area is 122 Å². The Morgan fingerprint density at radius 1 is 1.20 bits per heavy atom. The van der Waals surface area contributed by atoms with Gasteiger partial charge in [0.1, 0.15) is 0 Å². The molecule has 5 heteroatoms. The van der Waals surface area contributed by atoms with Crippen LogP contribution in [0.15, 0.2) is 30.3 Å². The average molecular weight is 296 g/mol. The van der Waals surface area contributed by atoms with Crippen molar-refractivity contribution in [2.24, 2.45) is 0 Å². The van der Waals surface area contributed by atoms with Crippen LogP contribution in [0.5, 0.6) is 0 Å². The van der Waals surface area contributed by atoms with Crippen LogP contribution < -0.4 is 5.32 Å². The van der Waals surface area contributed by atoms with E-state index in [1.807, 2.05) is 37.3 Å². The summed E-state index contributed by atoms with van der Waals surface area (Å²) in [5, 5.41) is 3.43. The third-order valence-electron chi connectivity index (χ3n) is 3.96. The van der Waals surface area contributed by atoms with Crippen molar-refractivity contribution in [1.82, 2.24) is 9.62 Å². The molecule has 4 nitrogen and oxygen atoms in total. The summed E-state index contributed by atoms with van der Waals surface area (Å²) in [6, 6.07) is 9.76. The number of hydrogen-bond donors (Lipinski definition) is 1. The first kappa shape index (κ1) is 15.5. The molecule has 0 aliphatic carbocycles. The Morgan fingerprint density at radius 3 is 2.50 bits per heavy atom. The predicted octanol–water partition coefficient (Wildman–Crippen LogP) is 1.98. The SMILES string of the molecule is CCC1CN(S(=O)(=O)Cc2ccccc2)C(CC)CN1. The van der Waals surface area contributed by atoms with Gasteiger partial charge in [0.05, 0.1) is 5.75 Å². The maximum Gasteiger partial charge on any atom is 0.218 e. The lowest BCUT2D eigenvalue weighted by molar-refractivity contribution is 0.215. The van der Waals surface area contributed by atoms with Gasteiger partial charge in [0.15, 0.2) is 0 Å². The molecular formula is C15H24N2O2S. The second-order valence-electron chi connectivity index (χ2n) is 5.39. The highest BCUT2D eigenvalue weighted by molar-refractivity contribution is 7.88. The second kappa shape index (κ2) is 6.70. The highest BCUT2D eigenvalue weighted by Gasteiger charge is 2.34. The molecular weight excluding hydrogens is 272 g/mol. The molecule has 0 saturated carbocycles. The summed E-state index contributed by atoms with van der Waals surface area (Å²) >= 11 is 0. The summed E-state index contributed by atoms with van der Waals surface area (Å²) in [5.41, 5.74) is 0.855. The van der Waals surface area contributed by atoms with Crippen LogP contribution >= 0.6 is 0 Å². The largest absolute Gasteiger partial charge is 0.311 e. The van der Waals surface area contributed by atoms with Gasteiger partial charge >= 0.3 is 0 Å². The summed E-state index contributed by atoms with van der Waals surface area (Å²) in [7, 11) is -3.25. The van der Waals surface area contributed by atoms with Crippen LogP contribution in [0.2, 0.25) is 0 Å². The summed E-state index contributed by atoms with van der Waals surface area (Å²) in [5.74, 6) is 0.0980. The van der Waals surface area contributed by atoms with Gasteiger partial charge in [0, 0.05) is 25.2 Å². The first-order valence-corrected chi connectivity index (χ1v) is 8.94. The number of piperazine rings is 1. The van der Waals surface area contributed by atoms with Crippen LogP contribution in [0.1, 0.15) is 32.3 Å². The molecule has 0 aromatic heterocycles. The molecule has 2 atom stereocenters. The van der Waals surface area contributed by atoms with Crippen molar-refractivity contribution < 1.29 is 8.42 Å². The minimum atomic E-state index is -3.25. The number of hydrogen-bond acceptors (Lipinski definition) is 3. The second-order valence-corrected chi connectivity index (χ2v) is 7.31. The van der Waals surface area contributed by atoms with E-state index in [2.05, 4.69) is 12.2 Å². The molecule has 1 aliphatic heterocycles. The minimum absolute atomic E-state index is 0.0755. The average Bonchev–Trinajstić information content (AvgIpc) is 2.47. The van der Waals surface area contributed by atoms with E-state index in [4.69, 9.17) is 0 Å². The predicted molar refractivity (Wildman–Crippen MR) is 81.9 cm³/mol. The first-order chi connectivity index (χ1) is 9.56. The van der Waals surface area contributed by atoms with E-state index in [0.29, 0.717) is 6.54 Å². The van der Waals surface area contributed by atoms with Crippen molar-refractivity contribution in [1.29, 1.82) is 0 Å². The highest BCUT2D eigenvalue weighted by atomic mass is 32.2. The highest BCUT2D eigenvalue weighted by Crippen LogP contribution is 2.19. The minimum Gasteiger partial charge on any atom is -0.311 e. The quantitative estimate of drug-likeness (QED) is 0.904. The molecule has 1 aromatic rings. The fourth-order valence-electron chi connectivity index (χ4n) is 2.67. The van der Waals surface area contributed by atoms with E-state index in [9.17, 15) is 8.42 Å². The third kappa shape index (κ3) is 3.59. The number of nitrogens with one attached hydrogen (secondary N) is 1. The van der Waals surface area contributed by atoms with Crippen LogP contribution in [0, 0.1) is 0 Å². The summed E-state index contributed by atoms with van der Waals surface area (Å²) in [6.45, 7) is 5.47. The molecule has 0 amide bonds. The Bertz CT molecular complexity index is 516. The van der Waals surface area contributed by atoms with Gasteiger partial charge in [0.25, 0.3) is 0 Å². The monoisotopic (exact) mass is 296 g/mol. The number of rotatable bonds is 5. The zero-order valence-electron chi connectivity index (χ0n) is 12.2. The number of benzene rings is 1. The van der Waals surface area contributed by atoms with Crippen molar-refractivity contribution in [2.45, 2.75) is 44.5 Å². The lowest BCUT2D eigenvalue weighted by Gasteiger charge is -2.39. The van der Waals surface area contributed by atoms with Crippen molar-refractivity contribution in [3.63, 3.8) is 0 Å². The van der Waals surface area contributed by atoms with Crippen LogP contribution in [0.25, 0.3) is 0 Å². The van der Waals surface area contributed by atoms with Crippen molar-refractivity contribution in [3.05, 3.63) is 35.9 Å². The van der Waals surface area contributed by atoms with Crippen LogP contribution in [0.3, 0.4) is 0 Å². The molecule has 1 N–H and O–H groups in total. The van der Waals surface area contributed by atoms with Gasteiger partial charge in [-0.05, 0) is 18.4 Å². The summed E-state index contributed by atoms with van der Waals surface area (Å²) < 4.78 is 27.1. The Kier molecular flexibility index (Phi) is 5.18. The van der Waals surface area contributed by atoms with Crippen LogP contribution in [0.4, 0.5) is 0 Å². The zero-order chi connectivity index (χ0) is 14.6. The van der Waals surface area contributed by atoms with Gasteiger partial charge in [-0.2, -0.15) is 4.31 Å². The fourth-order valence-corrected chi connectivity index (χ4v) is 4.53. The number of sulfonamides is 1. The number of nitrogens with zero attached hydrogens (tertiary/aromatic N) is 1.